The predicted molar refractivity (Wildman–Crippen MR) is 77.2 cm³/mol. The van der Waals surface area contributed by atoms with Crippen LogP contribution in [0.25, 0.3) is 0 Å². The summed E-state index contributed by atoms with van der Waals surface area (Å²) in [6.07, 6.45) is -3.11. The van der Waals surface area contributed by atoms with Gasteiger partial charge in [0.15, 0.2) is 11.9 Å². The summed E-state index contributed by atoms with van der Waals surface area (Å²) in [5.41, 5.74) is 2.19. The first kappa shape index (κ1) is 18.0. The molecule has 1 unspecified atom stereocenters. The smallest absolute Gasteiger partial charge is 0.387 e. The Kier molecular flexibility index (Phi) is 4.90. The fourth-order valence-electron chi connectivity index (χ4n) is 2.25. The Balaban J connectivity index is 2.23. The molecule has 130 valence electrons. The lowest BCUT2D eigenvalue weighted by Crippen LogP contribution is -2.43. The Morgan fingerprint density at radius 3 is 2.91 bits per heavy atom. The first-order valence-corrected chi connectivity index (χ1v) is 8.17. The van der Waals surface area contributed by atoms with Gasteiger partial charge in [-0.1, -0.05) is 0 Å². The Labute approximate surface area is 130 Å². The molecule has 0 spiro atoms. The van der Waals surface area contributed by atoms with Crippen molar-refractivity contribution < 1.29 is 28.2 Å². The molecule has 1 saturated heterocycles. The van der Waals surface area contributed by atoms with Crippen molar-refractivity contribution >= 4 is 13.6 Å². The minimum atomic E-state index is -4.06. The summed E-state index contributed by atoms with van der Waals surface area (Å²) in [6.45, 7) is 0.690. The van der Waals surface area contributed by atoms with Crippen LogP contribution in [0.5, 0.6) is 0 Å². The minimum Gasteiger partial charge on any atom is -0.387 e. The molecule has 2 heterocycles. The Bertz CT molecular complexity index is 683. The fourth-order valence-corrected chi connectivity index (χ4v) is 2.79. The number of nitrogen functional groups attached to an aromatic ring is 1. The van der Waals surface area contributed by atoms with Crippen LogP contribution in [-0.2, 0) is 13.8 Å². The highest BCUT2D eigenvalue weighted by atomic mass is 31.2. The molecule has 12 heteroatoms. The van der Waals surface area contributed by atoms with Crippen LogP contribution in [0.4, 0.5) is 10.2 Å². The number of halogens is 1. The van der Waals surface area contributed by atoms with E-state index in [-0.39, 0.29) is 12.4 Å². The van der Waals surface area contributed by atoms with Crippen LogP contribution in [-0.4, -0.2) is 51.1 Å². The number of hydrogen-bond acceptors (Lipinski definition) is 7. The van der Waals surface area contributed by atoms with Gasteiger partial charge in [-0.3, -0.25) is 4.57 Å². The first-order chi connectivity index (χ1) is 10.6. The molecule has 23 heavy (non-hydrogen) atoms. The van der Waals surface area contributed by atoms with Gasteiger partial charge < -0.3 is 25.0 Å². The third-order valence-corrected chi connectivity index (χ3v) is 4.64. The molecule has 5 atom stereocenters. The van der Waals surface area contributed by atoms with Gasteiger partial charge in [0.05, 0.1) is 0 Å². The molecule has 1 aliphatic rings. The fraction of sp³-hybridized carbons (Fsp3) is 0.636. The van der Waals surface area contributed by atoms with Crippen LogP contribution in [0.2, 0.25) is 0 Å². The van der Waals surface area contributed by atoms with E-state index in [2.05, 4.69) is 14.6 Å². The molecular formula is C11H18FN4O6P. The second-order valence-corrected chi connectivity index (χ2v) is 6.95. The number of nitrogens with two attached hydrogens (primary N) is 1. The second-order valence-electron chi connectivity index (χ2n) is 5.23. The average molecular weight is 352 g/mol. The zero-order chi connectivity index (χ0) is 17.4. The zero-order valence-corrected chi connectivity index (χ0v) is 13.3. The van der Waals surface area contributed by atoms with E-state index in [9.17, 15) is 23.7 Å². The normalized spacial score (nSPS) is 33.5. The third-order valence-electron chi connectivity index (χ3n) is 3.56. The topological polar surface area (TPSA) is 149 Å². The number of alkyl halides is 1. The molecule has 10 nitrogen and oxygen atoms in total. The van der Waals surface area contributed by atoms with Crippen LogP contribution in [0.1, 0.15) is 13.2 Å². The van der Waals surface area contributed by atoms with E-state index < -0.39 is 37.5 Å². The highest BCUT2D eigenvalue weighted by Gasteiger charge is 2.55. The van der Waals surface area contributed by atoms with E-state index in [1.165, 1.54) is 12.3 Å². The monoisotopic (exact) mass is 352 g/mol. The van der Waals surface area contributed by atoms with Crippen LogP contribution in [0.3, 0.4) is 0 Å². The van der Waals surface area contributed by atoms with Gasteiger partial charge >= 0.3 is 13.4 Å². The van der Waals surface area contributed by atoms with Crippen LogP contribution in [0, 0.1) is 0 Å². The number of aromatic nitrogens is 2. The van der Waals surface area contributed by atoms with E-state index in [0.29, 0.717) is 0 Å². The highest BCUT2D eigenvalue weighted by molar-refractivity contribution is 7.50. The number of ether oxygens (including phenoxy) is 1. The summed E-state index contributed by atoms with van der Waals surface area (Å²) in [4.78, 5) is 24.6. The summed E-state index contributed by atoms with van der Waals surface area (Å²) in [6, 6.07) is 1.28. The molecule has 0 bridgehead atoms. The third kappa shape index (κ3) is 3.60. The van der Waals surface area contributed by atoms with E-state index >= 15 is 0 Å². The Hall–Kier alpha value is -1.36. The molecule has 0 aliphatic carbocycles. The van der Waals surface area contributed by atoms with Gasteiger partial charge in [0.2, 0.25) is 0 Å². The molecule has 0 aromatic carbocycles. The number of aliphatic hydroxyl groups is 1. The maximum Gasteiger partial charge on any atom is 0.402 e. The number of rotatable bonds is 5. The molecule has 0 amide bonds. The summed E-state index contributed by atoms with van der Waals surface area (Å²) >= 11 is 0. The van der Waals surface area contributed by atoms with Gasteiger partial charge in [-0.15, -0.1) is 0 Å². The standard InChI is InChI=1S/C11H18FN4O6P/c1-11(12)8(17)6(5-14-23(19,20)21-2)22-9(11)16-4-3-7(13)15-10(16)18/h3-4,6,8-9,17H,5H2,1-2H3,(H2,13,15,18)(H2,14,19,20)/t6-,8-,9-,11-/m1/s1. The van der Waals surface area contributed by atoms with Gasteiger partial charge in [-0.05, 0) is 13.0 Å². The molecule has 1 fully saturated rings. The van der Waals surface area contributed by atoms with Crippen molar-refractivity contribution in [1.29, 1.82) is 0 Å². The van der Waals surface area contributed by atoms with Crippen LogP contribution in [0.15, 0.2) is 17.1 Å². The van der Waals surface area contributed by atoms with Crippen LogP contribution < -0.4 is 16.5 Å². The zero-order valence-electron chi connectivity index (χ0n) is 12.4. The number of nitrogens with one attached hydrogen (secondary N) is 1. The van der Waals surface area contributed by atoms with Crippen molar-refractivity contribution in [3.8, 4) is 0 Å². The maximum absolute atomic E-state index is 14.8. The minimum absolute atomic E-state index is 0.0371. The summed E-state index contributed by atoms with van der Waals surface area (Å²) in [5, 5.41) is 12.2. The molecule has 0 radical (unpaired) electrons. The first-order valence-electron chi connectivity index (χ1n) is 6.59. The number of nitrogens with zero attached hydrogens (tertiary/aromatic N) is 2. The Morgan fingerprint density at radius 2 is 2.35 bits per heavy atom. The lowest BCUT2D eigenvalue weighted by Gasteiger charge is -2.24. The molecule has 2 rings (SSSR count). The van der Waals surface area contributed by atoms with Gasteiger partial charge in [0.25, 0.3) is 0 Å². The van der Waals surface area contributed by atoms with Gasteiger partial charge in [0.1, 0.15) is 18.0 Å². The van der Waals surface area contributed by atoms with E-state index in [1.54, 1.807) is 0 Å². The summed E-state index contributed by atoms with van der Waals surface area (Å²) in [5.74, 6) is -0.0371. The van der Waals surface area contributed by atoms with Crippen molar-refractivity contribution in [2.24, 2.45) is 0 Å². The molecular weight excluding hydrogens is 334 g/mol. The predicted octanol–water partition coefficient (Wildman–Crippen LogP) is -0.852. The maximum atomic E-state index is 14.8. The van der Waals surface area contributed by atoms with Crippen molar-refractivity contribution in [1.82, 2.24) is 14.6 Å². The van der Waals surface area contributed by atoms with Crippen molar-refractivity contribution in [3.63, 3.8) is 0 Å². The SMILES string of the molecule is COP(=O)(O)NC[C@H]1O[C@@H](n2ccc(N)nc2=O)[C@](C)(F)[C@@H]1O. The molecule has 0 saturated carbocycles. The number of anilines is 1. The quantitative estimate of drug-likeness (QED) is 0.497. The summed E-state index contributed by atoms with van der Waals surface area (Å²) in [7, 11) is -3.05. The molecule has 1 aliphatic heterocycles. The lowest BCUT2D eigenvalue weighted by molar-refractivity contribution is -0.0494. The molecule has 5 N–H and O–H groups in total. The van der Waals surface area contributed by atoms with Gasteiger partial charge in [0, 0.05) is 19.9 Å². The van der Waals surface area contributed by atoms with Crippen molar-refractivity contribution in [2.75, 3.05) is 19.4 Å². The highest BCUT2D eigenvalue weighted by Crippen LogP contribution is 2.42. The Morgan fingerprint density at radius 1 is 1.70 bits per heavy atom. The van der Waals surface area contributed by atoms with E-state index in [1.807, 2.05) is 0 Å². The van der Waals surface area contributed by atoms with Gasteiger partial charge in [-0.25, -0.2) is 18.8 Å². The number of hydrogen-bond donors (Lipinski definition) is 4. The molecule has 1 aromatic heterocycles. The lowest BCUT2D eigenvalue weighted by atomic mass is 9.98. The molecule has 1 aromatic rings. The number of aliphatic hydroxyl groups excluding tert-OH is 1. The van der Waals surface area contributed by atoms with Crippen molar-refractivity contribution in [2.45, 2.75) is 31.0 Å². The van der Waals surface area contributed by atoms with Crippen LogP contribution >= 0.6 is 7.75 Å². The van der Waals surface area contributed by atoms with Gasteiger partial charge in [-0.2, -0.15) is 4.98 Å². The summed E-state index contributed by atoms with van der Waals surface area (Å²) < 4.78 is 36.7. The second kappa shape index (κ2) is 6.27. The largest absolute Gasteiger partial charge is 0.402 e. The average Bonchev–Trinajstić information content (AvgIpc) is 2.69. The van der Waals surface area contributed by atoms with E-state index in [4.69, 9.17) is 10.5 Å². The van der Waals surface area contributed by atoms with E-state index in [0.717, 1.165) is 18.6 Å². The van der Waals surface area contributed by atoms with Crippen molar-refractivity contribution in [3.05, 3.63) is 22.7 Å².